The molecule has 5 rings (SSSR count). The molecule has 2 aliphatic heterocycles. The average molecular weight is 389 g/mol. The number of benzene rings is 2. The van der Waals surface area contributed by atoms with Crippen molar-refractivity contribution in [3.8, 4) is 11.1 Å². The van der Waals surface area contributed by atoms with Crippen molar-refractivity contribution in [1.82, 2.24) is 9.80 Å². The first kappa shape index (κ1) is 17.7. The van der Waals surface area contributed by atoms with E-state index in [2.05, 4.69) is 64.9 Å². The monoisotopic (exact) mass is 388 g/mol. The van der Waals surface area contributed by atoms with Gasteiger partial charge in [-0.2, -0.15) is 0 Å². The smallest absolute Gasteiger partial charge is 0.224 e. The lowest BCUT2D eigenvalue weighted by Crippen LogP contribution is -2.37. The van der Waals surface area contributed by atoms with Crippen LogP contribution in [0.4, 0.5) is 0 Å². The maximum Gasteiger partial charge on any atom is 0.224 e. The highest BCUT2D eigenvalue weighted by molar-refractivity contribution is 7.10. The summed E-state index contributed by atoms with van der Waals surface area (Å²) in [5, 5.41) is 2.14. The molecule has 0 spiro atoms. The highest BCUT2D eigenvalue weighted by atomic mass is 32.1. The van der Waals surface area contributed by atoms with Crippen molar-refractivity contribution in [2.24, 2.45) is 0 Å². The van der Waals surface area contributed by atoms with Crippen molar-refractivity contribution < 1.29 is 4.79 Å². The second-order valence-electron chi connectivity index (χ2n) is 7.71. The fraction of sp³-hybridized carbons (Fsp3) is 0.292. The number of hydrogen-bond acceptors (Lipinski definition) is 3. The minimum absolute atomic E-state index is 0.280. The molecule has 0 N–H and O–H groups in total. The summed E-state index contributed by atoms with van der Waals surface area (Å²) in [5.41, 5.74) is 6.68. The number of nitrogens with zero attached hydrogens (tertiary/aromatic N) is 2. The lowest BCUT2D eigenvalue weighted by Gasteiger charge is -2.28. The normalized spacial score (nSPS) is 16.1. The Bertz CT molecular complexity index is 962. The van der Waals surface area contributed by atoms with E-state index in [1.165, 1.54) is 32.7 Å². The molecular weight excluding hydrogens is 364 g/mol. The Hall–Kier alpha value is -2.43. The molecular formula is C24H24N2OS. The number of fused-ring (bicyclic) bond motifs is 4. The third-order valence-corrected chi connectivity index (χ3v) is 6.94. The zero-order chi connectivity index (χ0) is 18.9. The van der Waals surface area contributed by atoms with Gasteiger partial charge in [0.25, 0.3) is 0 Å². The van der Waals surface area contributed by atoms with Gasteiger partial charge in [0.15, 0.2) is 0 Å². The minimum atomic E-state index is 0.280. The molecule has 0 fully saturated rings. The Morgan fingerprint density at radius 2 is 1.54 bits per heavy atom. The van der Waals surface area contributed by atoms with Crippen molar-refractivity contribution in [2.75, 3.05) is 13.1 Å². The molecule has 1 amide bonds. The van der Waals surface area contributed by atoms with E-state index >= 15 is 0 Å². The number of carbonyl (C=O) groups is 1. The van der Waals surface area contributed by atoms with Crippen LogP contribution in [-0.2, 0) is 30.8 Å². The zero-order valence-electron chi connectivity index (χ0n) is 15.9. The van der Waals surface area contributed by atoms with Crippen LogP contribution >= 0.6 is 11.3 Å². The van der Waals surface area contributed by atoms with Gasteiger partial charge in [-0.05, 0) is 45.7 Å². The Balaban J connectivity index is 1.30. The molecule has 0 atom stereocenters. The largest absolute Gasteiger partial charge is 0.338 e. The highest BCUT2D eigenvalue weighted by Crippen LogP contribution is 2.32. The molecule has 0 saturated heterocycles. The molecule has 0 radical (unpaired) electrons. The Kier molecular flexibility index (Phi) is 4.75. The molecule has 142 valence electrons. The van der Waals surface area contributed by atoms with Gasteiger partial charge in [-0.1, -0.05) is 48.5 Å². The van der Waals surface area contributed by atoms with E-state index in [-0.39, 0.29) is 5.91 Å². The third kappa shape index (κ3) is 3.38. The summed E-state index contributed by atoms with van der Waals surface area (Å²) in [5.74, 6) is 0.280. The number of amides is 1. The van der Waals surface area contributed by atoms with E-state index in [1.807, 2.05) is 16.2 Å². The van der Waals surface area contributed by atoms with Crippen LogP contribution in [-0.4, -0.2) is 28.8 Å². The summed E-state index contributed by atoms with van der Waals surface area (Å²) in [6.45, 7) is 4.23. The maximum absolute atomic E-state index is 12.9. The van der Waals surface area contributed by atoms with Crippen LogP contribution in [0.25, 0.3) is 11.1 Å². The predicted molar refractivity (Wildman–Crippen MR) is 114 cm³/mol. The van der Waals surface area contributed by atoms with E-state index in [0.717, 1.165) is 39.1 Å². The zero-order valence-corrected chi connectivity index (χ0v) is 16.8. The second-order valence-corrected chi connectivity index (χ2v) is 8.71. The molecule has 1 aromatic heterocycles. The van der Waals surface area contributed by atoms with E-state index in [0.29, 0.717) is 6.42 Å². The molecule has 4 heteroatoms. The van der Waals surface area contributed by atoms with Crippen molar-refractivity contribution in [3.05, 3.63) is 81.5 Å². The van der Waals surface area contributed by atoms with Gasteiger partial charge in [0, 0.05) is 44.0 Å². The van der Waals surface area contributed by atoms with Crippen molar-refractivity contribution in [2.45, 2.75) is 32.5 Å². The topological polar surface area (TPSA) is 23.6 Å². The maximum atomic E-state index is 12.9. The molecule has 2 aliphatic rings. The van der Waals surface area contributed by atoms with Crippen LogP contribution in [0.1, 0.15) is 28.0 Å². The summed E-state index contributed by atoms with van der Waals surface area (Å²) < 4.78 is 0. The molecule has 3 aromatic rings. The quantitative estimate of drug-likeness (QED) is 0.649. The molecule has 0 saturated carbocycles. The van der Waals surface area contributed by atoms with Gasteiger partial charge in [-0.15, -0.1) is 11.3 Å². The summed E-state index contributed by atoms with van der Waals surface area (Å²) in [6.07, 6.45) is 1.59. The lowest BCUT2D eigenvalue weighted by molar-refractivity contribution is -0.132. The second kappa shape index (κ2) is 7.53. The fourth-order valence-corrected chi connectivity index (χ4v) is 5.30. The van der Waals surface area contributed by atoms with Gasteiger partial charge in [0.05, 0.1) is 0 Å². The summed E-state index contributed by atoms with van der Waals surface area (Å²) in [4.78, 5) is 18.8. The van der Waals surface area contributed by atoms with E-state index in [1.54, 1.807) is 0 Å². The fourth-order valence-electron chi connectivity index (χ4n) is 4.41. The number of carbonyl (C=O) groups excluding carboxylic acids is 1. The third-order valence-electron chi connectivity index (χ3n) is 5.92. The number of hydrogen-bond donors (Lipinski definition) is 0. The summed E-state index contributed by atoms with van der Waals surface area (Å²) in [6, 6.07) is 19.5. The van der Waals surface area contributed by atoms with Gasteiger partial charge in [0.1, 0.15) is 0 Å². The SMILES string of the molecule is O=C(CCN1Cc2ccccc2-c2ccccc2C1)N1CCc2sccc2C1. The first-order valence-electron chi connectivity index (χ1n) is 9.99. The Morgan fingerprint density at radius 3 is 2.25 bits per heavy atom. The minimum Gasteiger partial charge on any atom is -0.338 e. The molecule has 28 heavy (non-hydrogen) atoms. The molecule has 0 aliphatic carbocycles. The first-order valence-corrected chi connectivity index (χ1v) is 10.9. The Labute approximate surface area is 170 Å². The molecule has 3 heterocycles. The van der Waals surface area contributed by atoms with Crippen LogP contribution in [0.15, 0.2) is 60.0 Å². The van der Waals surface area contributed by atoms with E-state index in [4.69, 9.17) is 0 Å². The van der Waals surface area contributed by atoms with Gasteiger partial charge in [0.2, 0.25) is 5.91 Å². The molecule has 0 bridgehead atoms. The average Bonchev–Trinajstić information content (AvgIpc) is 3.14. The standard InChI is InChI=1S/C24H24N2OS/c27-24(26-13-9-23-20(17-26)11-14-28-23)10-12-25-15-18-5-1-3-7-21(18)22-8-4-2-6-19(22)16-25/h1-8,11,14H,9-10,12-13,15-17H2. The molecule has 0 unspecified atom stereocenters. The van der Waals surface area contributed by atoms with Crippen LogP contribution in [0, 0.1) is 0 Å². The summed E-state index contributed by atoms with van der Waals surface area (Å²) in [7, 11) is 0. The van der Waals surface area contributed by atoms with Crippen molar-refractivity contribution in [1.29, 1.82) is 0 Å². The predicted octanol–water partition coefficient (Wildman–Crippen LogP) is 4.71. The summed E-state index contributed by atoms with van der Waals surface area (Å²) >= 11 is 1.82. The Morgan fingerprint density at radius 1 is 0.857 bits per heavy atom. The highest BCUT2D eigenvalue weighted by Gasteiger charge is 2.23. The molecule has 2 aromatic carbocycles. The van der Waals surface area contributed by atoms with Gasteiger partial charge < -0.3 is 4.90 Å². The number of rotatable bonds is 3. The first-order chi connectivity index (χ1) is 13.8. The van der Waals surface area contributed by atoms with Crippen molar-refractivity contribution >= 4 is 17.2 Å². The van der Waals surface area contributed by atoms with E-state index in [9.17, 15) is 4.79 Å². The van der Waals surface area contributed by atoms with Gasteiger partial charge >= 0.3 is 0 Å². The van der Waals surface area contributed by atoms with Crippen LogP contribution in [0.2, 0.25) is 0 Å². The number of thiophene rings is 1. The van der Waals surface area contributed by atoms with Crippen LogP contribution in [0.3, 0.4) is 0 Å². The van der Waals surface area contributed by atoms with Crippen LogP contribution < -0.4 is 0 Å². The van der Waals surface area contributed by atoms with Crippen molar-refractivity contribution in [3.63, 3.8) is 0 Å². The van der Waals surface area contributed by atoms with Gasteiger partial charge in [-0.3, -0.25) is 9.69 Å². The van der Waals surface area contributed by atoms with Crippen LogP contribution in [0.5, 0.6) is 0 Å². The van der Waals surface area contributed by atoms with Gasteiger partial charge in [-0.25, -0.2) is 0 Å². The van der Waals surface area contributed by atoms with E-state index < -0.39 is 0 Å². The molecule has 3 nitrogen and oxygen atoms in total. The lowest BCUT2D eigenvalue weighted by atomic mass is 9.97.